The van der Waals surface area contributed by atoms with Gasteiger partial charge in [0.2, 0.25) is 0 Å². The van der Waals surface area contributed by atoms with Crippen molar-refractivity contribution in [2.45, 2.75) is 45.4 Å². The van der Waals surface area contributed by atoms with E-state index in [9.17, 15) is 4.79 Å². The van der Waals surface area contributed by atoms with E-state index in [-0.39, 0.29) is 6.09 Å². The number of hydrogen-bond acceptors (Lipinski definition) is 3. The zero-order chi connectivity index (χ0) is 14.3. The first-order chi connectivity index (χ1) is 9.20. The number of allylic oxidation sites excluding steroid dienone is 2. The number of ether oxygens (including phenoxy) is 1. The molecule has 0 heterocycles. The topological polar surface area (TPSA) is 64.3 Å². The number of carbonyl (C=O) groups is 1. The van der Waals surface area contributed by atoms with E-state index in [2.05, 4.69) is 11.9 Å². The first-order valence-electron chi connectivity index (χ1n) is 7.09. The molecular formula is C15H28N2O2. The van der Waals surface area contributed by atoms with Crippen molar-refractivity contribution in [3.05, 3.63) is 24.3 Å². The largest absolute Gasteiger partial charge is 0.445 e. The Labute approximate surface area is 117 Å². The summed E-state index contributed by atoms with van der Waals surface area (Å²) < 4.78 is 5.04. The van der Waals surface area contributed by atoms with E-state index in [1.807, 2.05) is 13.0 Å². The van der Waals surface area contributed by atoms with Gasteiger partial charge in [-0.1, -0.05) is 44.4 Å². The summed E-state index contributed by atoms with van der Waals surface area (Å²) in [6, 6.07) is 0. The van der Waals surface area contributed by atoms with Gasteiger partial charge in [-0.2, -0.15) is 0 Å². The van der Waals surface area contributed by atoms with E-state index >= 15 is 0 Å². The van der Waals surface area contributed by atoms with Crippen molar-refractivity contribution in [2.75, 3.05) is 19.7 Å². The summed E-state index contributed by atoms with van der Waals surface area (Å²) in [7, 11) is 0. The fourth-order valence-corrected chi connectivity index (χ4v) is 1.65. The van der Waals surface area contributed by atoms with Crippen LogP contribution in [0.15, 0.2) is 24.3 Å². The van der Waals surface area contributed by atoms with Gasteiger partial charge in [-0.3, -0.25) is 0 Å². The van der Waals surface area contributed by atoms with Crippen LogP contribution in [0, 0.1) is 0 Å². The van der Waals surface area contributed by atoms with E-state index in [0.29, 0.717) is 13.2 Å². The fraction of sp³-hybridized carbons (Fsp3) is 0.667. The summed E-state index contributed by atoms with van der Waals surface area (Å²) in [5, 5.41) is 2.75. The van der Waals surface area contributed by atoms with Gasteiger partial charge in [0.05, 0.1) is 0 Å². The van der Waals surface area contributed by atoms with Gasteiger partial charge in [0.25, 0.3) is 0 Å². The molecule has 0 rings (SSSR count). The van der Waals surface area contributed by atoms with E-state index in [4.69, 9.17) is 10.5 Å². The second-order valence-corrected chi connectivity index (χ2v) is 4.66. The van der Waals surface area contributed by atoms with Crippen LogP contribution >= 0.6 is 0 Å². The monoisotopic (exact) mass is 268 g/mol. The van der Waals surface area contributed by atoms with Crippen molar-refractivity contribution < 1.29 is 9.53 Å². The van der Waals surface area contributed by atoms with E-state index in [0.717, 1.165) is 31.4 Å². The summed E-state index contributed by atoms with van der Waals surface area (Å²) in [5.74, 6) is 0. The molecule has 19 heavy (non-hydrogen) atoms. The fourth-order valence-electron chi connectivity index (χ4n) is 1.65. The van der Waals surface area contributed by atoms with Crippen molar-refractivity contribution in [1.29, 1.82) is 0 Å². The second-order valence-electron chi connectivity index (χ2n) is 4.66. The van der Waals surface area contributed by atoms with Crippen LogP contribution in [-0.4, -0.2) is 25.8 Å². The number of alkyl carbamates (subject to hydrolysis) is 1. The number of carbonyl (C=O) groups excluding carboxylic acids is 1. The Morgan fingerprint density at radius 2 is 1.84 bits per heavy atom. The van der Waals surface area contributed by atoms with E-state index in [1.165, 1.54) is 19.3 Å². The lowest BCUT2D eigenvalue weighted by atomic mass is 10.1. The summed E-state index contributed by atoms with van der Waals surface area (Å²) in [6.45, 7) is 7.27. The SMILES string of the molecule is C=C/C=C(\C)COC(=O)NCCCCCCCCN. The zero-order valence-electron chi connectivity index (χ0n) is 12.1. The Morgan fingerprint density at radius 3 is 2.47 bits per heavy atom. The van der Waals surface area contributed by atoms with Crippen LogP contribution in [0.2, 0.25) is 0 Å². The third-order valence-electron chi connectivity index (χ3n) is 2.73. The maximum atomic E-state index is 11.3. The molecule has 3 N–H and O–H groups in total. The summed E-state index contributed by atoms with van der Waals surface area (Å²) in [5.41, 5.74) is 6.40. The molecule has 0 fully saturated rings. The first kappa shape index (κ1) is 17.7. The standard InChI is InChI=1S/C15H28N2O2/c1-3-10-14(2)13-19-15(18)17-12-9-7-5-4-6-8-11-16/h3,10H,1,4-9,11-13,16H2,2H3,(H,17,18)/b14-10+. The molecule has 0 aromatic carbocycles. The van der Waals surface area contributed by atoms with Crippen LogP contribution < -0.4 is 11.1 Å². The van der Waals surface area contributed by atoms with Gasteiger partial charge in [-0.15, -0.1) is 0 Å². The number of nitrogens with one attached hydrogen (secondary N) is 1. The molecule has 4 heteroatoms. The van der Waals surface area contributed by atoms with Crippen LogP contribution in [0.25, 0.3) is 0 Å². The molecule has 0 bridgehead atoms. The van der Waals surface area contributed by atoms with Crippen molar-refractivity contribution in [1.82, 2.24) is 5.32 Å². The summed E-state index contributed by atoms with van der Waals surface area (Å²) in [4.78, 5) is 11.3. The molecule has 0 aromatic heterocycles. The molecule has 0 spiro atoms. The Morgan fingerprint density at radius 1 is 1.21 bits per heavy atom. The Hall–Kier alpha value is -1.29. The maximum absolute atomic E-state index is 11.3. The lowest BCUT2D eigenvalue weighted by Gasteiger charge is -2.07. The van der Waals surface area contributed by atoms with Gasteiger partial charge in [-0.05, 0) is 31.9 Å². The highest BCUT2D eigenvalue weighted by Gasteiger charge is 2.00. The van der Waals surface area contributed by atoms with E-state index < -0.39 is 0 Å². The molecule has 0 aliphatic rings. The lowest BCUT2D eigenvalue weighted by Crippen LogP contribution is -2.25. The highest BCUT2D eigenvalue weighted by molar-refractivity contribution is 5.67. The van der Waals surface area contributed by atoms with Crippen molar-refractivity contribution in [3.63, 3.8) is 0 Å². The quantitative estimate of drug-likeness (QED) is 0.447. The number of unbranched alkanes of at least 4 members (excludes halogenated alkanes) is 5. The molecule has 0 saturated carbocycles. The smallest absolute Gasteiger partial charge is 0.407 e. The van der Waals surface area contributed by atoms with Crippen molar-refractivity contribution in [3.8, 4) is 0 Å². The Kier molecular flexibility index (Phi) is 12.3. The minimum atomic E-state index is -0.347. The highest BCUT2D eigenvalue weighted by Crippen LogP contribution is 2.04. The Balaban J connectivity index is 3.34. The van der Waals surface area contributed by atoms with Gasteiger partial charge in [0.1, 0.15) is 6.61 Å². The molecule has 0 radical (unpaired) electrons. The van der Waals surface area contributed by atoms with Crippen LogP contribution in [0.5, 0.6) is 0 Å². The molecular weight excluding hydrogens is 240 g/mol. The van der Waals surface area contributed by atoms with Crippen molar-refractivity contribution in [2.24, 2.45) is 5.73 Å². The van der Waals surface area contributed by atoms with Gasteiger partial charge < -0.3 is 15.8 Å². The average Bonchev–Trinajstić information content (AvgIpc) is 2.40. The molecule has 4 nitrogen and oxygen atoms in total. The van der Waals surface area contributed by atoms with Crippen LogP contribution in [0.3, 0.4) is 0 Å². The third-order valence-corrected chi connectivity index (χ3v) is 2.73. The van der Waals surface area contributed by atoms with Crippen molar-refractivity contribution >= 4 is 6.09 Å². The predicted molar refractivity (Wildman–Crippen MR) is 80.1 cm³/mol. The van der Waals surface area contributed by atoms with Gasteiger partial charge in [0.15, 0.2) is 0 Å². The average molecular weight is 268 g/mol. The number of hydrogen-bond donors (Lipinski definition) is 2. The minimum absolute atomic E-state index is 0.316. The van der Waals surface area contributed by atoms with E-state index in [1.54, 1.807) is 6.08 Å². The Bertz CT molecular complexity index is 275. The maximum Gasteiger partial charge on any atom is 0.407 e. The zero-order valence-corrected chi connectivity index (χ0v) is 12.1. The molecule has 0 aliphatic carbocycles. The molecule has 0 aromatic rings. The number of nitrogens with two attached hydrogens (primary N) is 1. The normalized spacial score (nSPS) is 11.2. The molecule has 1 amide bonds. The van der Waals surface area contributed by atoms with Gasteiger partial charge >= 0.3 is 6.09 Å². The lowest BCUT2D eigenvalue weighted by molar-refractivity contribution is 0.155. The van der Waals surface area contributed by atoms with Crippen LogP contribution in [0.4, 0.5) is 4.79 Å². The minimum Gasteiger partial charge on any atom is -0.445 e. The molecule has 0 unspecified atom stereocenters. The van der Waals surface area contributed by atoms with Gasteiger partial charge in [-0.25, -0.2) is 4.79 Å². The first-order valence-corrected chi connectivity index (χ1v) is 7.09. The van der Waals surface area contributed by atoms with Crippen LogP contribution in [-0.2, 0) is 4.74 Å². The van der Waals surface area contributed by atoms with Gasteiger partial charge in [0, 0.05) is 6.54 Å². The molecule has 0 atom stereocenters. The third kappa shape index (κ3) is 12.9. The number of amides is 1. The van der Waals surface area contributed by atoms with Crippen LogP contribution in [0.1, 0.15) is 45.4 Å². The summed E-state index contributed by atoms with van der Waals surface area (Å²) in [6.07, 6.45) is 10.1. The molecule has 0 saturated heterocycles. The predicted octanol–water partition coefficient (Wildman–Crippen LogP) is 3.14. The second kappa shape index (κ2) is 13.1. The summed E-state index contributed by atoms with van der Waals surface area (Å²) >= 11 is 0. The highest BCUT2D eigenvalue weighted by atomic mass is 16.5. The molecule has 0 aliphatic heterocycles. The number of rotatable bonds is 11. The molecule has 110 valence electrons.